The number of ether oxygens (including phenoxy) is 1. The smallest absolute Gasteiger partial charge is 0.264 e. The molecule has 41 heavy (non-hydrogen) atoms. The van der Waals surface area contributed by atoms with Crippen molar-refractivity contribution in [2.75, 3.05) is 18.0 Å². The summed E-state index contributed by atoms with van der Waals surface area (Å²) in [7, 11) is -2.75. The molecule has 220 valence electrons. The highest BCUT2D eigenvalue weighted by Gasteiger charge is 2.34. The maximum Gasteiger partial charge on any atom is 0.264 e. The average molecular weight is 621 g/mol. The van der Waals surface area contributed by atoms with Gasteiger partial charge in [-0.3, -0.25) is 13.9 Å². The summed E-state index contributed by atoms with van der Waals surface area (Å²) < 4.78 is 34.0. The number of carbonyl (C=O) groups is 2. The molecule has 3 aromatic rings. The molecular weight excluding hydrogens is 585 g/mol. The van der Waals surface area contributed by atoms with Crippen molar-refractivity contribution in [1.82, 2.24) is 10.2 Å². The molecule has 3 rings (SSSR count). The van der Waals surface area contributed by atoms with Gasteiger partial charge in [-0.05, 0) is 67.8 Å². The van der Waals surface area contributed by atoms with Crippen molar-refractivity contribution < 1.29 is 22.7 Å². The third-order valence-corrected chi connectivity index (χ3v) is 9.02. The number of amides is 2. The Labute approximate surface area is 252 Å². The van der Waals surface area contributed by atoms with Crippen LogP contribution in [-0.4, -0.2) is 50.9 Å². The van der Waals surface area contributed by atoms with Gasteiger partial charge in [0.15, 0.2) is 0 Å². The van der Waals surface area contributed by atoms with E-state index in [-0.39, 0.29) is 34.1 Å². The van der Waals surface area contributed by atoms with Crippen LogP contribution in [-0.2, 0) is 26.2 Å². The van der Waals surface area contributed by atoms with Crippen LogP contribution in [0.5, 0.6) is 5.75 Å². The lowest BCUT2D eigenvalue weighted by Gasteiger charge is -2.33. The maximum atomic E-state index is 14.1. The van der Waals surface area contributed by atoms with Crippen molar-refractivity contribution in [1.29, 1.82) is 0 Å². The summed E-state index contributed by atoms with van der Waals surface area (Å²) in [5, 5.41) is 3.67. The van der Waals surface area contributed by atoms with Gasteiger partial charge in [-0.1, -0.05) is 67.4 Å². The highest BCUT2D eigenvalue weighted by molar-refractivity contribution is 7.92. The van der Waals surface area contributed by atoms with Crippen LogP contribution in [0.4, 0.5) is 5.69 Å². The average Bonchev–Trinajstić information content (AvgIpc) is 2.96. The van der Waals surface area contributed by atoms with Gasteiger partial charge in [-0.2, -0.15) is 0 Å². The highest BCUT2D eigenvalue weighted by atomic mass is 35.5. The van der Waals surface area contributed by atoms with Crippen molar-refractivity contribution in [2.24, 2.45) is 0 Å². The number of nitrogens with zero attached hydrogens (tertiary/aromatic N) is 2. The standard InChI is InChI=1S/C30H35Cl2N3O5S/c1-5-21(3)33-30(37)27(6-2)34(19-22-12-14-23(31)15-13-22)29(36)20-35(24-16-17-28(40-4)26(32)18-24)41(38,39)25-10-8-7-9-11-25/h7-18,21,27H,5-6,19-20H2,1-4H3,(H,33,37)/t21-,27-/m0/s1. The van der Waals surface area contributed by atoms with E-state index in [0.29, 0.717) is 23.6 Å². The van der Waals surface area contributed by atoms with Gasteiger partial charge in [0.25, 0.3) is 10.0 Å². The Hall–Kier alpha value is -3.27. The number of rotatable bonds is 13. The largest absolute Gasteiger partial charge is 0.495 e. The second-order valence-electron chi connectivity index (χ2n) is 9.53. The molecule has 0 aliphatic heterocycles. The van der Waals surface area contributed by atoms with E-state index in [4.69, 9.17) is 27.9 Å². The topological polar surface area (TPSA) is 96.0 Å². The molecule has 0 bridgehead atoms. The third-order valence-electron chi connectivity index (χ3n) is 6.69. The SMILES string of the molecule is CC[C@H](C)NC(=O)[C@H](CC)N(Cc1ccc(Cl)cc1)C(=O)CN(c1ccc(OC)c(Cl)c1)S(=O)(=O)c1ccccc1. The zero-order chi connectivity index (χ0) is 30.2. The third kappa shape index (κ3) is 8.15. The summed E-state index contributed by atoms with van der Waals surface area (Å²) in [6, 6.07) is 18.3. The minimum Gasteiger partial charge on any atom is -0.495 e. The molecule has 0 saturated heterocycles. The molecule has 3 aromatic carbocycles. The number of methoxy groups -OCH3 is 1. The fraction of sp³-hybridized carbons (Fsp3) is 0.333. The van der Waals surface area contributed by atoms with Crippen molar-refractivity contribution in [3.8, 4) is 5.75 Å². The lowest BCUT2D eigenvalue weighted by Crippen LogP contribution is -2.53. The van der Waals surface area contributed by atoms with Crippen LogP contribution in [0.25, 0.3) is 0 Å². The molecule has 8 nitrogen and oxygen atoms in total. The van der Waals surface area contributed by atoms with E-state index in [1.165, 1.54) is 42.3 Å². The van der Waals surface area contributed by atoms with E-state index in [1.807, 2.05) is 20.8 Å². The number of carbonyl (C=O) groups excluding carboxylic acids is 2. The van der Waals surface area contributed by atoms with Crippen LogP contribution in [0.3, 0.4) is 0 Å². The number of hydrogen-bond acceptors (Lipinski definition) is 5. The quantitative estimate of drug-likeness (QED) is 0.256. The minimum atomic E-state index is -4.20. The van der Waals surface area contributed by atoms with Gasteiger partial charge < -0.3 is 15.0 Å². The molecule has 2 atom stereocenters. The second-order valence-corrected chi connectivity index (χ2v) is 12.2. The van der Waals surface area contributed by atoms with Gasteiger partial charge in [0, 0.05) is 17.6 Å². The Balaban J connectivity index is 2.08. The first-order valence-corrected chi connectivity index (χ1v) is 15.5. The second kappa shape index (κ2) is 14.6. The van der Waals surface area contributed by atoms with E-state index in [0.717, 1.165) is 9.87 Å². The van der Waals surface area contributed by atoms with Crippen LogP contribution < -0.4 is 14.4 Å². The van der Waals surface area contributed by atoms with E-state index in [1.54, 1.807) is 42.5 Å². The summed E-state index contributed by atoms with van der Waals surface area (Å²) in [5.74, 6) is -0.511. The molecule has 0 radical (unpaired) electrons. The number of hydrogen-bond donors (Lipinski definition) is 1. The monoisotopic (exact) mass is 619 g/mol. The van der Waals surface area contributed by atoms with Gasteiger partial charge in [0.1, 0.15) is 18.3 Å². The molecule has 0 aliphatic rings. The zero-order valence-electron chi connectivity index (χ0n) is 23.5. The van der Waals surface area contributed by atoms with E-state index < -0.39 is 28.5 Å². The first-order valence-electron chi connectivity index (χ1n) is 13.3. The molecule has 0 unspecified atom stereocenters. The molecule has 0 heterocycles. The number of benzene rings is 3. The summed E-state index contributed by atoms with van der Waals surface area (Å²) in [6.45, 7) is 5.16. The van der Waals surface area contributed by atoms with Crippen molar-refractivity contribution in [3.05, 3.63) is 88.4 Å². The first-order chi connectivity index (χ1) is 19.5. The van der Waals surface area contributed by atoms with Crippen LogP contribution in [0.15, 0.2) is 77.7 Å². The predicted octanol–water partition coefficient (Wildman–Crippen LogP) is 5.92. The number of anilines is 1. The van der Waals surface area contributed by atoms with Gasteiger partial charge >= 0.3 is 0 Å². The van der Waals surface area contributed by atoms with Gasteiger partial charge in [0.2, 0.25) is 11.8 Å². The van der Waals surface area contributed by atoms with Gasteiger partial charge in [-0.25, -0.2) is 8.42 Å². The molecule has 2 amide bonds. The molecule has 0 saturated carbocycles. The fourth-order valence-corrected chi connectivity index (χ4v) is 6.01. The number of sulfonamides is 1. The summed E-state index contributed by atoms with van der Waals surface area (Å²) in [5.41, 5.74) is 0.916. The summed E-state index contributed by atoms with van der Waals surface area (Å²) in [4.78, 5) is 28.9. The van der Waals surface area contributed by atoms with Gasteiger partial charge in [-0.15, -0.1) is 0 Å². The van der Waals surface area contributed by atoms with Crippen LogP contribution in [0.1, 0.15) is 39.2 Å². The molecule has 1 N–H and O–H groups in total. The van der Waals surface area contributed by atoms with Crippen molar-refractivity contribution in [3.63, 3.8) is 0 Å². The maximum absolute atomic E-state index is 14.1. The Kier molecular flexibility index (Phi) is 11.5. The fourth-order valence-electron chi connectivity index (χ4n) is 4.21. The molecule has 0 spiro atoms. The molecule has 0 aromatic heterocycles. The summed E-state index contributed by atoms with van der Waals surface area (Å²) in [6.07, 6.45) is 1.04. The lowest BCUT2D eigenvalue weighted by atomic mass is 10.1. The lowest BCUT2D eigenvalue weighted by molar-refractivity contribution is -0.140. The molecule has 0 fully saturated rings. The molecule has 0 aliphatic carbocycles. The van der Waals surface area contributed by atoms with E-state index >= 15 is 0 Å². The molecular formula is C30H35Cl2N3O5S. The normalized spacial score (nSPS) is 12.7. The summed E-state index contributed by atoms with van der Waals surface area (Å²) >= 11 is 12.4. The van der Waals surface area contributed by atoms with Crippen molar-refractivity contribution >= 4 is 50.7 Å². The van der Waals surface area contributed by atoms with Crippen molar-refractivity contribution in [2.45, 2.75) is 57.1 Å². The van der Waals surface area contributed by atoms with Crippen LogP contribution in [0.2, 0.25) is 10.0 Å². The predicted molar refractivity (Wildman–Crippen MR) is 163 cm³/mol. The van der Waals surface area contributed by atoms with E-state index in [2.05, 4.69) is 5.32 Å². The van der Waals surface area contributed by atoms with Gasteiger partial charge in [0.05, 0.1) is 22.7 Å². The Bertz CT molecular complexity index is 1440. The molecule has 11 heteroatoms. The zero-order valence-corrected chi connectivity index (χ0v) is 25.8. The van der Waals surface area contributed by atoms with Crippen LogP contribution >= 0.6 is 23.2 Å². The highest BCUT2D eigenvalue weighted by Crippen LogP contribution is 2.32. The minimum absolute atomic E-state index is 0.00514. The van der Waals surface area contributed by atoms with Crippen LogP contribution in [0, 0.1) is 0 Å². The number of halogens is 2. The number of nitrogens with one attached hydrogen (secondary N) is 1. The Morgan fingerprint density at radius 3 is 2.17 bits per heavy atom. The van der Waals surface area contributed by atoms with E-state index in [9.17, 15) is 18.0 Å². The Morgan fingerprint density at radius 2 is 1.61 bits per heavy atom. The first kappa shape index (κ1) is 32.2. The Morgan fingerprint density at radius 1 is 0.951 bits per heavy atom.